The van der Waals surface area contributed by atoms with Gasteiger partial charge < -0.3 is 14.3 Å². The van der Waals surface area contributed by atoms with E-state index in [2.05, 4.69) is 15.5 Å². The molecule has 0 bridgehead atoms. The zero-order valence-electron chi connectivity index (χ0n) is 14.2. The fourth-order valence-corrected chi connectivity index (χ4v) is 2.88. The lowest BCUT2D eigenvalue weighted by atomic mass is 10.2. The standard InChI is InChI=1S/C20H15ClN4O2/c21-15-8-4-9-16(12-15)22-18(26)13-25-11-5-10-17(25)20-24-23-19(27-20)14-6-2-1-3-7-14/h1-12H,13H2,(H,22,26). The molecule has 0 saturated carbocycles. The van der Waals surface area contributed by atoms with Gasteiger partial charge in [0.05, 0.1) is 0 Å². The number of carbonyl (C=O) groups is 1. The third kappa shape index (κ3) is 3.91. The quantitative estimate of drug-likeness (QED) is 0.555. The van der Waals surface area contributed by atoms with Crippen molar-refractivity contribution in [2.45, 2.75) is 6.54 Å². The van der Waals surface area contributed by atoms with E-state index in [1.165, 1.54) is 0 Å². The van der Waals surface area contributed by atoms with Gasteiger partial charge in [0.2, 0.25) is 11.8 Å². The van der Waals surface area contributed by atoms with Crippen LogP contribution in [0.2, 0.25) is 5.02 Å². The van der Waals surface area contributed by atoms with Crippen LogP contribution in [-0.2, 0) is 11.3 Å². The summed E-state index contributed by atoms with van der Waals surface area (Å²) >= 11 is 5.95. The molecule has 7 heteroatoms. The van der Waals surface area contributed by atoms with Crippen molar-refractivity contribution in [1.82, 2.24) is 14.8 Å². The van der Waals surface area contributed by atoms with Crippen LogP contribution in [0.4, 0.5) is 5.69 Å². The predicted molar refractivity (Wildman–Crippen MR) is 103 cm³/mol. The summed E-state index contributed by atoms with van der Waals surface area (Å²) in [6, 6.07) is 20.2. The third-order valence-electron chi connectivity index (χ3n) is 3.92. The van der Waals surface area contributed by atoms with Crippen LogP contribution >= 0.6 is 11.6 Å². The van der Waals surface area contributed by atoms with E-state index in [0.717, 1.165) is 5.56 Å². The molecule has 0 saturated heterocycles. The highest BCUT2D eigenvalue weighted by Crippen LogP contribution is 2.24. The zero-order chi connectivity index (χ0) is 18.6. The molecule has 0 unspecified atom stereocenters. The van der Waals surface area contributed by atoms with Crippen LogP contribution in [-0.4, -0.2) is 20.7 Å². The average Bonchev–Trinajstić information content (AvgIpc) is 3.31. The molecule has 2 aromatic carbocycles. The largest absolute Gasteiger partial charge is 0.415 e. The Kier molecular flexibility index (Phi) is 4.72. The normalized spacial score (nSPS) is 10.7. The number of hydrogen-bond donors (Lipinski definition) is 1. The van der Waals surface area contributed by atoms with Gasteiger partial charge in [0.15, 0.2) is 0 Å². The lowest BCUT2D eigenvalue weighted by Crippen LogP contribution is -2.18. The highest BCUT2D eigenvalue weighted by Gasteiger charge is 2.15. The third-order valence-corrected chi connectivity index (χ3v) is 4.15. The minimum absolute atomic E-state index is 0.109. The van der Waals surface area contributed by atoms with Crippen molar-refractivity contribution in [3.63, 3.8) is 0 Å². The maximum absolute atomic E-state index is 12.4. The van der Waals surface area contributed by atoms with Crippen molar-refractivity contribution in [2.75, 3.05) is 5.32 Å². The zero-order valence-corrected chi connectivity index (χ0v) is 14.9. The van der Waals surface area contributed by atoms with Crippen molar-refractivity contribution in [1.29, 1.82) is 0 Å². The van der Waals surface area contributed by atoms with Gasteiger partial charge in [-0.2, -0.15) is 0 Å². The summed E-state index contributed by atoms with van der Waals surface area (Å²) in [4.78, 5) is 12.4. The second-order valence-corrected chi connectivity index (χ2v) is 6.29. The molecule has 0 spiro atoms. The molecule has 1 amide bonds. The monoisotopic (exact) mass is 378 g/mol. The summed E-state index contributed by atoms with van der Waals surface area (Å²) < 4.78 is 7.53. The first-order valence-electron chi connectivity index (χ1n) is 8.29. The fourth-order valence-electron chi connectivity index (χ4n) is 2.69. The summed E-state index contributed by atoms with van der Waals surface area (Å²) in [6.07, 6.45) is 1.79. The number of benzene rings is 2. The molecular weight excluding hydrogens is 364 g/mol. The van der Waals surface area contributed by atoms with Crippen LogP contribution in [0.1, 0.15) is 0 Å². The smallest absolute Gasteiger partial charge is 0.264 e. The first kappa shape index (κ1) is 17.1. The van der Waals surface area contributed by atoms with Crippen LogP contribution in [0.25, 0.3) is 23.0 Å². The topological polar surface area (TPSA) is 73.0 Å². The van der Waals surface area contributed by atoms with E-state index in [0.29, 0.717) is 28.2 Å². The van der Waals surface area contributed by atoms with Gasteiger partial charge in [0, 0.05) is 22.5 Å². The molecule has 134 valence electrons. The first-order chi connectivity index (χ1) is 13.2. The molecule has 27 heavy (non-hydrogen) atoms. The Hall–Kier alpha value is -3.38. The molecule has 0 atom stereocenters. The first-order valence-corrected chi connectivity index (χ1v) is 8.67. The van der Waals surface area contributed by atoms with Gasteiger partial charge in [-0.25, -0.2) is 0 Å². The second kappa shape index (κ2) is 7.47. The molecule has 0 fully saturated rings. The Balaban J connectivity index is 1.51. The molecular formula is C20H15ClN4O2. The molecule has 0 aliphatic heterocycles. The SMILES string of the molecule is O=C(Cn1cccc1-c1nnc(-c2ccccc2)o1)Nc1cccc(Cl)c1. The minimum Gasteiger partial charge on any atom is -0.415 e. The number of carbonyl (C=O) groups excluding carboxylic acids is 1. The van der Waals surface area contributed by atoms with E-state index in [1.807, 2.05) is 42.5 Å². The van der Waals surface area contributed by atoms with Crippen molar-refractivity contribution >= 4 is 23.2 Å². The molecule has 6 nitrogen and oxygen atoms in total. The summed E-state index contributed by atoms with van der Waals surface area (Å²) in [5, 5.41) is 11.6. The lowest BCUT2D eigenvalue weighted by molar-refractivity contribution is -0.116. The van der Waals surface area contributed by atoms with Crippen LogP contribution < -0.4 is 5.32 Å². The Labute approximate surface area is 160 Å². The fraction of sp³-hybridized carbons (Fsp3) is 0.0500. The molecule has 0 aliphatic rings. The van der Waals surface area contributed by atoms with E-state index in [9.17, 15) is 4.79 Å². The summed E-state index contributed by atoms with van der Waals surface area (Å²) in [5.74, 6) is 0.605. The molecule has 4 aromatic rings. The number of rotatable bonds is 5. The van der Waals surface area contributed by atoms with Crippen molar-refractivity contribution in [2.24, 2.45) is 0 Å². The number of anilines is 1. The van der Waals surface area contributed by atoms with Crippen molar-refractivity contribution in [3.8, 4) is 23.0 Å². The number of hydrogen-bond acceptors (Lipinski definition) is 4. The Morgan fingerprint density at radius 2 is 1.81 bits per heavy atom. The van der Waals surface area contributed by atoms with Crippen LogP contribution in [0, 0.1) is 0 Å². The van der Waals surface area contributed by atoms with Crippen LogP contribution in [0.3, 0.4) is 0 Å². The number of nitrogens with zero attached hydrogens (tertiary/aromatic N) is 3. The summed E-state index contributed by atoms with van der Waals surface area (Å²) in [6.45, 7) is 0.109. The molecule has 4 rings (SSSR count). The van der Waals surface area contributed by atoms with Gasteiger partial charge in [0.1, 0.15) is 12.2 Å². The van der Waals surface area contributed by atoms with E-state index in [4.69, 9.17) is 16.0 Å². The minimum atomic E-state index is -0.183. The van der Waals surface area contributed by atoms with E-state index < -0.39 is 0 Å². The Bertz CT molecular complexity index is 1070. The highest BCUT2D eigenvalue weighted by atomic mass is 35.5. The summed E-state index contributed by atoms with van der Waals surface area (Å²) in [7, 11) is 0. The number of halogens is 1. The van der Waals surface area contributed by atoms with Crippen molar-refractivity contribution in [3.05, 3.63) is 77.9 Å². The van der Waals surface area contributed by atoms with Gasteiger partial charge in [0.25, 0.3) is 5.89 Å². The molecule has 0 radical (unpaired) electrons. The Morgan fingerprint density at radius 1 is 1.00 bits per heavy atom. The van der Waals surface area contributed by atoms with E-state index in [-0.39, 0.29) is 12.5 Å². The maximum Gasteiger partial charge on any atom is 0.264 e. The van der Waals surface area contributed by atoms with Gasteiger partial charge >= 0.3 is 0 Å². The lowest BCUT2D eigenvalue weighted by Gasteiger charge is -2.08. The molecule has 2 aromatic heterocycles. The molecule has 2 heterocycles. The number of nitrogens with one attached hydrogen (secondary N) is 1. The van der Waals surface area contributed by atoms with Gasteiger partial charge in [-0.05, 0) is 42.5 Å². The van der Waals surface area contributed by atoms with Crippen LogP contribution in [0.5, 0.6) is 0 Å². The Morgan fingerprint density at radius 3 is 2.63 bits per heavy atom. The number of aromatic nitrogens is 3. The molecule has 0 aliphatic carbocycles. The highest BCUT2D eigenvalue weighted by molar-refractivity contribution is 6.30. The van der Waals surface area contributed by atoms with E-state index >= 15 is 0 Å². The van der Waals surface area contributed by atoms with Gasteiger partial charge in [-0.1, -0.05) is 35.9 Å². The van der Waals surface area contributed by atoms with Crippen LogP contribution in [0.15, 0.2) is 77.3 Å². The second-order valence-electron chi connectivity index (χ2n) is 5.86. The maximum atomic E-state index is 12.4. The van der Waals surface area contributed by atoms with Gasteiger partial charge in [-0.15, -0.1) is 10.2 Å². The van der Waals surface area contributed by atoms with Gasteiger partial charge in [-0.3, -0.25) is 4.79 Å². The van der Waals surface area contributed by atoms with E-state index in [1.54, 1.807) is 35.0 Å². The molecule has 1 N–H and O–H groups in total. The summed E-state index contributed by atoms with van der Waals surface area (Å²) in [5.41, 5.74) is 2.16. The number of amides is 1. The predicted octanol–water partition coefficient (Wildman–Crippen LogP) is 4.50. The average molecular weight is 379 g/mol. The van der Waals surface area contributed by atoms with Crippen molar-refractivity contribution < 1.29 is 9.21 Å².